The Kier molecular flexibility index (Phi) is 6.86. The first kappa shape index (κ1) is 16.8. The molecule has 1 heterocycles. The van der Waals surface area contributed by atoms with Crippen LogP contribution in [0.1, 0.15) is 31.2 Å². The molecule has 1 aromatic heterocycles. The Bertz CT molecular complexity index is 423. The molecule has 1 amide bonds. The molecule has 9 heteroatoms. The summed E-state index contributed by atoms with van der Waals surface area (Å²) in [6, 6.07) is 0. The fraction of sp³-hybridized carbons (Fsp3) is 0.727. The summed E-state index contributed by atoms with van der Waals surface area (Å²) in [5.41, 5.74) is 0. The van der Waals surface area contributed by atoms with E-state index in [2.05, 4.69) is 27.2 Å². The number of nitrogens with zero attached hydrogens (tertiary/aromatic N) is 2. The van der Waals surface area contributed by atoms with Crippen molar-refractivity contribution in [2.45, 2.75) is 38.8 Å². The maximum atomic E-state index is 11.8. The zero-order valence-electron chi connectivity index (χ0n) is 11.0. The van der Waals surface area contributed by atoms with Gasteiger partial charge in [0.1, 0.15) is 11.6 Å². The molecule has 0 aliphatic heterocycles. The molecule has 0 fully saturated rings. The molecule has 5 nitrogen and oxygen atoms in total. The first-order valence-corrected chi connectivity index (χ1v) is 6.99. The van der Waals surface area contributed by atoms with Crippen molar-refractivity contribution in [1.29, 1.82) is 0 Å². The average Bonchev–Trinajstić information content (AvgIpc) is 2.78. The van der Waals surface area contributed by atoms with Gasteiger partial charge in [-0.3, -0.25) is 4.79 Å². The van der Waals surface area contributed by atoms with Gasteiger partial charge in [0.25, 0.3) is 0 Å². The van der Waals surface area contributed by atoms with Gasteiger partial charge in [0, 0.05) is 6.42 Å². The van der Waals surface area contributed by atoms with Crippen LogP contribution in [0.4, 0.5) is 18.3 Å². The predicted octanol–water partition coefficient (Wildman–Crippen LogP) is 2.79. The predicted molar refractivity (Wildman–Crippen MR) is 68.6 cm³/mol. The number of alkyl halides is 3. The summed E-state index contributed by atoms with van der Waals surface area (Å²) in [5.74, 6) is -0.439. The van der Waals surface area contributed by atoms with Crippen molar-refractivity contribution < 1.29 is 22.7 Å². The van der Waals surface area contributed by atoms with Crippen molar-refractivity contribution in [3.8, 4) is 0 Å². The maximum Gasteiger partial charge on any atom is 0.411 e. The number of anilines is 1. The molecule has 0 bridgehead atoms. The second-order valence-electron chi connectivity index (χ2n) is 4.07. The number of nitrogens with one attached hydrogen (secondary N) is 1. The Labute approximate surface area is 118 Å². The minimum atomic E-state index is -4.37. The lowest BCUT2D eigenvalue weighted by Crippen LogP contribution is -2.20. The van der Waals surface area contributed by atoms with E-state index in [-0.39, 0.29) is 13.0 Å². The summed E-state index contributed by atoms with van der Waals surface area (Å²) in [6.45, 7) is 0.428. The number of carbonyl (C=O) groups excluding carboxylic acids is 1. The van der Waals surface area contributed by atoms with E-state index in [0.29, 0.717) is 5.13 Å². The topological polar surface area (TPSA) is 64.1 Å². The van der Waals surface area contributed by atoms with E-state index in [1.807, 2.05) is 0 Å². The molecule has 114 valence electrons. The minimum absolute atomic E-state index is 0.153. The quantitative estimate of drug-likeness (QED) is 0.750. The molecule has 0 aliphatic carbocycles. The van der Waals surface area contributed by atoms with Crippen LogP contribution in [-0.4, -0.2) is 35.5 Å². The lowest BCUT2D eigenvalue weighted by atomic mass is 10.3. The van der Waals surface area contributed by atoms with E-state index in [4.69, 9.17) is 0 Å². The third kappa shape index (κ3) is 7.39. The van der Waals surface area contributed by atoms with Gasteiger partial charge in [-0.1, -0.05) is 24.7 Å². The highest BCUT2D eigenvalue weighted by Crippen LogP contribution is 2.17. The second-order valence-corrected chi connectivity index (χ2v) is 5.13. The zero-order valence-corrected chi connectivity index (χ0v) is 11.8. The van der Waals surface area contributed by atoms with Gasteiger partial charge in [0.15, 0.2) is 0 Å². The van der Waals surface area contributed by atoms with Crippen molar-refractivity contribution in [2.24, 2.45) is 0 Å². The number of rotatable bonds is 8. The number of hydrogen-bond donors (Lipinski definition) is 1. The molecule has 0 saturated carbocycles. The molecule has 0 unspecified atom stereocenters. The summed E-state index contributed by atoms with van der Waals surface area (Å²) < 4.78 is 39.7. The fourth-order valence-electron chi connectivity index (χ4n) is 1.27. The first-order chi connectivity index (χ1) is 9.40. The van der Waals surface area contributed by atoms with Crippen LogP contribution in [0.25, 0.3) is 0 Å². The number of ether oxygens (including phenoxy) is 1. The number of unbranched alkanes of at least 4 members (excludes halogenated alkanes) is 1. The highest BCUT2D eigenvalue weighted by molar-refractivity contribution is 7.15. The minimum Gasteiger partial charge on any atom is -0.372 e. The zero-order chi connectivity index (χ0) is 15.0. The third-order valence-electron chi connectivity index (χ3n) is 2.20. The van der Waals surface area contributed by atoms with Crippen LogP contribution in [0, 0.1) is 0 Å². The molecule has 0 saturated heterocycles. The Balaban J connectivity index is 2.23. The van der Waals surface area contributed by atoms with Crippen molar-refractivity contribution >= 4 is 22.4 Å². The van der Waals surface area contributed by atoms with Gasteiger partial charge in [0.05, 0.1) is 13.0 Å². The van der Waals surface area contributed by atoms with E-state index in [0.717, 1.165) is 24.3 Å². The van der Waals surface area contributed by atoms with Crippen LogP contribution in [-0.2, 0) is 16.0 Å². The monoisotopic (exact) mass is 311 g/mol. The Morgan fingerprint density at radius 3 is 2.80 bits per heavy atom. The SMILES string of the molecule is CCCCc1nnc(NC(=O)CCOCC(F)(F)F)s1. The van der Waals surface area contributed by atoms with Gasteiger partial charge in [-0.2, -0.15) is 13.2 Å². The summed E-state index contributed by atoms with van der Waals surface area (Å²) in [5, 5.41) is 11.4. The normalized spacial score (nSPS) is 11.6. The Morgan fingerprint density at radius 1 is 1.40 bits per heavy atom. The largest absolute Gasteiger partial charge is 0.411 e. The van der Waals surface area contributed by atoms with Crippen molar-refractivity contribution in [3.63, 3.8) is 0 Å². The molecule has 1 rings (SSSR count). The van der Waals surface area contributed by atoms with Crippen molar-refractivity contribution in [1.82, 2.24) is 10.2 Å². The third-order valence-corrected chi connectivity index (χ3v) is 3.10. The van der Waals surface area contributed by atoms with Crippen molar-refractivity contribution in [3.05, 3.63) is 5.01 Å². The van der Waals surface area contributed by atoms with E-state index in [1.54, 1.807) is 0 Å². The Hall–Kier alpha value is -1.22. The van der Waals surface area contributed by atoms with Crippen LogP contribution in [0.3, 0.4) is 0 Å². The number of aryl methyl sites for hydroxylation is 1. The van der Waals surface area contributed by atoms with Crippen LogP contribution < -0.4 is 5.32 Å². The van der Waals surface area contributed by atoms with Gasteiger partial charge >= 0.3 is 6.18 Å². The molecule has 1 N–H and O–H groups in total. The molecular formula is C11H16F3N3O2S. The molecule has 0 radical (unpaired) electrons. The van der Waals surface area contributed by atoms with E-state index < -0.39 is 18.7 Å². The average molecular weight is 311 g/mol. The number of hydrogen-bond acceptors (Lipinski definition) is 5. The van der Waals surface area contributed by atoms with E-state index in [1.165, 1.54) is 11.3 Å². The van der Waals surface area contributed by atoms with Gasteiger partial charge in [0.2, 0.25) is 11.0 Å². The number of aromatic nitrogens is 2. The number of amides is 1. The maximum absolute atomic E-state index is 11.8. The number of halogens is 3. The molecule has 1 aromatic rings. The summed E-state index contributed by atoms with van der Waals surface area (Å²) in [4.78, 5) is 11.4. The number of carbonyl (C=O) groups is 1. The highest BCUT2D eigenvalue weighted by atomic mass is 32.1. The fourth-order valence-corrected chi connectivity index (χ4v) is 2.07. The van der Waals surface area contributed by atoms with Crippen LogP contribution in [0.2, 0.25) is 0 Å². The smallest absolute Gasteiger partial charge is 0.372 e. The van der Waals surface area contributed by atoms with Crippen LogP contribution in [0.15, 0.2) is 0 Å². The standard InChI is InChI=1S/C11H16F3N3O2S/c1-2-3-4-9-16-17-10(20-9)15-8(18)5-6-19-7-11(12,13)14/h2-7H2,1H3,(H,15,17,18). The van der Waals surface area contributed by atoms with Gasteiger partial charge < -0.3 is 10.1 Å². The summed E-state index contributed by atoms with van der Waals surface area (Å²) >= 11 is 1.27. The van der Waals surface area contributed by atoms with E-state index in [9.17, 15) is 18.0 Å². The summed E-state index contributed by atoms with van der Waals surface area (Å²) in [7, 11) is 0. The van der Waals surface area contributed by atoms with Crippen molar-refractivity contribution in [2.75, 3.05) is 18.5 Å². The van der Waals surface area contributed by atoms with Crippen LogP contribution >= 0.6 is 11.3 Å². The first-order valence-electron chi connectivity index (χ1n) is 6.17. The van der Waals surface area contributed by atoms with Gasteiger partial charge in [-0.15, -0.1) is 10.2 Å². The lowest BCUT2D eigenvalue weighted by molar-refractivity contribution is -0.174. The molecular weight excluding hydrogens is 295 g/mol. The van der Waals surface area contributed by atoms with Crippen LogP contribution in [0.5, 0.6) is 0 Å². The lowest BCUT2D eigenvalue weighted by Gasteiger charge is -2.06. The Morgan fingerprint density at radius 2 is 2.15 bits per heavy atom. The second kappa shape index (κ2) is 8.15. The van der Waals surface area contributed by atoms with E-state index >= 15 is 0 Å². The van der Waals surface area contributed by atoms with Gasteiger partial charge in [-0.25, -0.2) is 0 Å². The molecule has 20 heavy (non-hydrogen) atoms. The molecule has 0 spiro atoms. The van der Waals surface area contributed by atoms with Gasteiger partial charge in [-0.05, 0) is 6.42 Å². The molecule has 0 aromatic carbocycles. The highest BCUT2D eigenvalue weighted by Gasteiger charge is 2.27. The molecule has 0 atom stereocenters. The molecule has 0 aliphatic rings. The summed E-state index contributed by atoms with van der Waals surface area (Å²) in [6.07, 6.45) is -1.69.